The van der Waals surface area contributed by atoms with Crippen LogP contribution in [0.2, 0.25) is 0 Å². The number of nitriles is 1. The van der Waals surface area contributed by atoms with Crippen molar-refractivity contribution >= 4 is 23.0 Å². The summed E-state index contributed by atoms with van der Waals surface area (Å²) in [6.45, 7) is 1.64. The van der Waals surface area contributed by atoms with Gasteiger partial charge in [0.25, 0.3) is 0 Å². The highest BCUT2D eigenvalue weighted by Crippen LogP contribution is 2.35. The van der Waals surface area contributed by atoms with E-state index < -0.39 is 11.7 Å². The fraction of sp³-hybridized carbons (Fsp3) is 0.105. The quantitative estimate of drug-likeness (QED) is 0.664. The minimum atomic E-state index is -4.48. The van der Waals surface area contributed by atoms with Gasteiger partial charge in [0.1, 0.15) is 17.5 Å². The Morgan fingerprint density at radius 1 is 0.926 bits per heavy atom. The topological polar surface area (TPSA) is 73.6 Å². The number of aryl methyl sites for hydroxylation is 1. The SMILES string of the molecule is Cc1nc(Nc2ccc(C#N)cc2)cc(Nc2ccccc2C(F)(F)F)n1. The van der Waals surface area contributed by atoms with E-state index in [0.29, 0.717) is 22.9 Å². The number of para-hydroxylation sites is 1. The maximum atomic E-state index is 13.2. The first-order valence-electron chi connectivity index (χ1n) is 7.91. The Hall–Kier alpha value is -3.60. The molecule has 0 saturated heterocycles. The number of hydrogen-bond donors (Lipinski definition) is 2. The van der Waals surface area contributed by atoms with Crippen LogP contribution >= 0.6 is 0 Å². The summed E-state index contributed by atoms with van der Waals surface area (Å²) in [6, 6.07) is 15.4. The number of halogens is 3. The number of hydrogen-bond acceptors (Lipinski definition) is 5. The molecule has 8 heteroatoms. The van der Waals surface area contributed by atoms with Gasteiger partial charge in [-0.15, -0.1) is 0 Å². The molecule has 0 amide bonds. The zero-order valence-electron chi connectivity index (χ0n) is 14.2. The molecule has 1 heterocycles. The van der Waals surface area contributed by atoms with Crippen LogP contribution in [0.3, 0.4) is 0 Å². The van der Waals surface area contributed by atoms with Crippen LogP contribution < -0.4 is 10.6 Å². The molecule has 0 atom stereocenters. The minimum absolute atomic E-state index is 0.0903. The van der Waals surface area contributed by atoms with Crippen LogP contribution in [-0.2, 0) is 6.18 Å². The molecule has 0 aliphatic heterocycles. The van der Waals surface area contributed by atoms with Gasteiger partial charge in [-0.25, -0.2) is 9.97 Å². The van der Waals surface area contributed by atoms with E-state index in [1.807, 2.05) is 6.07 Å². The van der Waals surface area contributed by atoms with E-state index in [1.165, 1.54) is 24.3 Å². The molecule has 3 rings (SSSR count). The average Bonchev–Trinajstić information content (AvgIpc) is 2.61. The van der Waals surface area contributed by atoms with E-state index in [1.54, 1.807) is 31.2 Å². The monoisotopic (exact) mass is 369 g/mol. The third kappa shape index (κ3) is 4.52. The molecular formula is C19H14F3N5. The third-order valence-electron chi connectivity index (χ3n) is 3.62. The molecular weight excluding hydrogens is 355 g/mol. The van der Waals surface area contributed by atoms with Crippen molar-refractivity contribution in [2.45, 2.75) is 13.1 Å². The van der Waals surface area contributed by atoms with Crippen LogP contribution in [0.1, 0.15) is 17.0 Å². The van der Waals surface area contributed by atoms with E-state index in [9.17, 15) is 13.2 Å². The van der Waals surface area contributed by atoms with Gasteiger partial charge in [-0.05, 0) is 43.3 Å². The predicted octanol–water partition coefficient (Wildman–Crippen LogP) is 5.16. The first-order chi connectivity index (χ1) is 12.8. The number of nitrogens with one attached hydrogen (secondary N) is 2. The third-order valence-corrected chi connectivity index (χ3v) is 3.62. The Kier molecular flexibility index (Phi) is 4.94. The van der Waals surface area contributed by atoms with Crippen LogP contribution in [0, 0.1) is 18.3 Å². The molecule has 0 unspecified atom stereocenters. The summed E-state index contributed by atoms with van der Waals surface area (Å²) in [6.07, 6.45) is -4.48. The molecule has 5 nitrogen and oxygen atoms in total. The Morgan fingerprint density at radius 2 is 1.56 bits per heavy atom. The first kappa shape index (κ1) is 18.2. The fourth-order valence-electron chi connectivity index (χ4n) is 2.45. The van der Waals surface area contributed by atoms with Gasteiger partial charge >= 0.3 is 6.18 Å². The smallest absolute Gasteiger partial charge is 0.340 e. The predicted molar refractivity (Wildman–Crippen MR) is 95.9 cm³/mol. The lowest BCUT2D eigenvalue weighted by Crippen LogP contribution is -2.09. The largest absolute Gasteiger partial charge is 0.418 e. The molecule has 0 aliphatic rings. The molecule has 2 aromatic carbocycles. The van der Waals surface area contributed by atoms with Crippen molar-refractivity contribution in [1.82, 2.24) is 9.97 Å². The molecule has 27 heavy (non-hydrogen) atoms. The van der Waals surface area contributed by atoms with Gasteiger partial charge < -0.3 is 10.6 Å². The highest BCUT2D eigenvalue weighted by atomic mass is 19.4. The van der Waals surface area contributed by atoms with Crippen molar-refractivity contribution in [3.05, 3.63) is 71.5 Å². The fourth-order valence-corrected chi connectivity index (χ4v) is 2.45. The van der Waals surface area contributed by atoms with Gasteiger partial charge in [0.2, 0.25) is 0 Å². The summed E-state index contributed by atoms with van der Waals surface area (Å²) in [7, 11) is 0. The highest BCUT2D eigenvalue weighted by molar-refractivity contribution is 5.65. The number of anilines is 4. The highest BCUT2D eigenvalue weighted by Gasteiger charge is 2.33. The van der Waals surface area contributed by atoms with Crippen molar-refractivity contribution in [2.75, 3.05) is 10.6 Å². The molecule has 1 aromatic heterocycles. The number of rotatable bonds is 4. The van der Waals surface area contributed by atoms with Crippen LogP contribution in [0.15, 0.2) is 54.6 Å². The lowest BCUT2D eigenvalue weighted by Gasteiger charge is -2.15. The summed E-state index contributed by atoms with van der Waals surface area (Å²) < 4.78 is 39.5. The number of aromatic nitrogens is 2. The van der Waals surface area contributed by atoms with Gasteiger partial charge in [-0.1, -0.05) is 12.1 Å². The van der Waals surface area contributed by atoms with Crippen molar-refractivity contribution in [3.8, 4) is 6.07 Å². The van der Waals surface area contributed by atoms with Crippen molar-refractivity contribution in [3.63, 3.8) is 0 Å². The van der Waals surface area contributed by atoms with Crippen molar-refractivity contribution in [1.29, 1.82) is 5.26 Å². The lowest BCUT2D eigenvalue weighted by atomic mass is 10.1. The van der Waals surface area contributed by atoms with Crippen LogP contribution in [0.25, 0.3) is 0 Å². The van der Waals surface area contributed by atoms with E-state index in [0.717, 1.165) is 6.07 Å². The zero-order chi connectivity index (χ0) is 19.4. The van der Waals surface area contributed by atoms with E-state index in [2.05, 4.69) is 20.6 Å². The number of nitrogens with zero attached hydrogens (tertiary/aromatic N) is 3. The maximum Gasteiger partial charge on any atom is 0.418 e. The Labute approximate surface area is 153 Å². The van der Waals surface area contributed by atoms with Gasteiger partial charge in [0.15, 0.2) is 0 Å². The normalized spacial score (nSPS) is 10.9. The van der Waals surface area contributed by atoms with E-state index >= 15 is 0 Å². The second-order valence-corrected chi connectivity index (χ2v) is 5.67. The molecule has 3 aromatic rings. The molecule has 0 aliphatic carbocycles. The second-order valence-electron chi connectivity index (χ2n) is 5.67. The molecule has 0 spiro atoms. The standard InChI is InChI=1S/C19H14F3N5/c1-12-24-17(26-14-8-6-13(11-23)7-9-14)10-18(25-12)27-16-5-3-2-4-15(16)19(20,21)22/h2-10H,1H3,(H2,24,25,26,27). The van der Waals surface area contributed by atoms with Crippen molar-refractivity contribution < 1.29 is 13.2 Å². The first-order valence-corrected chi connectivity index (χ1v) is 7.91. The summed E-state index contributed by atoms with van der Waals surface area (Å²) in [5.41, 5.74) is 0.342. The van der Waals surface area contributed by atoms with Crippen LogP contribution in [-0.4, -0.2) is 9.97 Å². The summed E-state index contributed by atoms with van der Waals surface area (Å²) in [5, 5.41) is 14.6. The Morgan fingerprint density at radius 3 is 2.19 bits per heavy atom. The second kappa shape index (κ2) is 7.33. The van der Waals surface area contributed by atoms with Crippen molar-refractivity contribution in [2.24, 2.45) is 0 Å². The molecule has 0 saturated carbocycles. The van der Waals surface area contributed by atoms with Crippen LogP contribution in [0.4, 0.5) is 36.2 Å². The number of alkyl halides is 3. The maximum absolute atomic E-state index is 13.2. The van der Waals surface area contributed by atoms with Gasteiger partial charge in [-0.2, -0.15) is 18.4 Å². The van der Waals surface area contributed by atoms with Gasteiger partial charge in [0.05, 0.1) is 22.9 Å². The minimum Gasteiger partial charge on any atom is -0.340 e. The molecule has 136 valence electrons. The number of benzene rings is 2. The van der Waals surface area contributed by atoms with Gasteiger partial charge in [-0.3, -0.25) is 0 Å². The summed E-state index contributed by atoms with van der Waals surface area (Å²) in [5.74, 6) is 1.04. The summed E-state index contributed by atoms with van der Waals surface area (Å²) >= 11 is 0. The Bertz CT molecular complexity index is 991. The molecule has 0 fully saturated rings. The molecule has 0 bridgehead atoms. The zero-order valence-corrected chi connectivity index (χ0v) is 14.2. The van der Waals surface area contributed by atoms with Gasteiger partial charge in [0, 0.05) is 11.8 Å². The molecule has 0 radical (unpaired) electrons. The van der Waals surface area contributed by atoms with Crippen LogP contribution in [0.5, 0.6) is 0 Å². The summed E-state index contributed by atoms with van der Waals surface area (Å²) in [4.78, 5) is 8.38. The van der Waals surface area contributed by atoms with E-state index in [-0.39, 0.29) is 11.5 Å². The van der Waals surface area contributed by atoms with E-state index in [4.69, 9.17) is 5.26 Å². The Balaban J connectivity index is 1.87. The lowest BCUT2D eigenvalue weighted by molar-refractivity contribution is -0.136. The average molecular weight is 369 g/mol. The molecule has 2 N–H and O–H groups in total.